The number of fused-ring (bicyclic) bond motifs is 1. The highest BCUT2D eigenvalue weighted by molar-refractivity contribution is 5.79. The van der Waals surface area contributed by atoms with E-state index in [1.165, 1.54) is 0 Å². The molecule has 0 aliphatic carbocycles. The van der Waals surface area contributed by atoms with Gasteiger partial charge in [0.15, 0.2) is 0 Å². The normalized spacial score (nSPS) is 13.0. The second-order valence-electron chi connectivity index (χ2n) is 3.30. The summed E-state index contributed by atoms with van der Waals surface area (Å²) in [4.78, 5) is 4.24. The zero-order chi connectivity index (χ0) is 9.97. The van der Waals surface area contributed by atoms with Gasteiger partial charge < -0.3 is 11.5 Å². The number of rotatable bonds is 2. The Kier molecular flexibility index (Phi) is 2.43. The van der Waals surface area contributed by atoms with Crippen molar-refractivity contribution >= 4 is 10.9 Å². The maximum absolute atomic E-state index is 5.84. The molecule has 0 amide bonds. The molecule has 2 aromatic rings. The van der Waals surface area contributed by atoms with Crippen molar-refractivity contribution in [3.8, 4) is 0 Å². The van der Waals surface area contributed by atoms with E-state index in [9.17, 15) is 0 Å². The van der Waals surface area contributed by atoms with E-state index in [2.05, 4.69) is 4.98 Å². The molecular weight excluding hydrogens is 174 g/mol. The van der Waals surface area contributed by atoms with Gasteiger partial charge in [-0.15, -0.1) is 0 Å². The molecule has 1 heterocycles. The summed E-state index contributed by atoms with van der Waals surface area (Å²) in [6.07, 6.45) is 1.78. The van der Waals surface area contributed by atoms with E-state index in [1.54, 1.807) is 6.20 Å². The first-order chi connectivity index (χ1) is 6.81. The number of hydrogen-bond acceptors (Lipinski definition) is 3. The van der Waals surface area contributed by atoms with Gasteiger partial charge in [-0.2, -0.15) is 0 Å². The zero-order valence-electron chi connectivity index (χ0n) is 7.85. The SMILES string of the molecule is NC[C@@H](N)c1ccc2ncccc2c1. The summed E-state index contributed by atoms with van der Waals surface area (Å²) >= 11 is 0. The van der Waals surface area contributed by atoms with E-state index in [-0.39, 0.29) is 6.04 Å². The predicted octanol–water partition coefficient (Wildman–Crippen LogP) is 1.19. The van der Waals surface area contributed by atoms with Crippen LogP contribution in [0.2, 0.25) is 0 Å². The molecule has 0 bridgehead atoms. The minimum absolute atomic E-state index is 0.0837. The van der Waals surface area contributed by atoms with Crippen LogP contribution in [0, 0.1) is 0 Å². The topological polar surface area (TPSA) is 64.9 Å². The smallest absolute Gasteiger partial charge is 0.0702 e. The lowest BCUT2D eigenvalue weighted by Gasteiger charge is -2.09. The molecule has 1 aromatic heterocycles. The molecule has 0 saturated carbocycles. The summed E-state index contributed by atoms with van der Waals surface area (Å²) in [6, 6.07) is 9.85. The van der Waals surface area contributed by atoms with Crippen LogP contribution in [-0.4, -0.2) is 11.5 Å². The van der Waals surface area contributed by atoms with Gasteiger partial charge in [-0.25, -0.2) is 0 Å². The average Bonchev–Trinajstić information content (AvgIpc) is 2.27. The highest BCUT2D eigenvalue weighted by atomic mass is 14.7. The van der Waals surface area contributed by atoms with Crippen LogP contribution in [0.15, 0.2) is 36.5 Å². The molecule has 0 radical (unpaired) electrons. The first-order valence-electron chi connectivity index (χ1n) is 4.61. The fourth-order valence-electron chi connectivity index (χ4n) is 1.46. The van der Waals surface area contributed by atoms with Crippen LogP contribution in [0.3, 0.4) is 0 Å². The summed E-state index contributed by atoms with van der Waals surface area (Å²) in [5.41, 5.74) is 13.4. The number of benzene rings is 1. The quantitative estimate of drug-likeness (QED) is 0.742. The minimum Gasteiger partial charge on any atom is -0.329 e. The van der Waals surface area contributed by atoms with Gasteiger partial charge in [-0.3, -0.25) is 4.98 Å². The summed E-state index contributed by atoms with van der Waals surface area (Å²) in [6.45, 7) is 0.464. The highest BCUT2D eigenvalue weighted by Crippen LogP contribution is 2.16. The predicted molar refractivity (Wildman–Crippen MR) is 57.7 cm³/mol. The van der Waals surface area contributed by atoms with Crippen molar-refractivity contribution in [1.82, 2.24) is 4.98 Å². The second-order valence-corrected chi connectivity index (χ2v) is 3.30. The monoisotopic (exact) mass is 187 g/mol. The van der Waals surface area contributed by atoms with Gasteiger partial charge in [0.2, 0.25) is 0 Å². The van der Waals surface area contributed by atoms with Crippen LogP contribution < -0.4 is 11.5 Å². The van der Waals surface area contributed by atoms with E-state index < -0.39 is 0 Å². The Hall–Kier alpha value is -1.45. The van der Waals surface area contributed by atoms with E-state index in [0.29, 0.717) is 6.54 Å². The molecular formula is C11H13N3. The van der Waals surface area contributed by atoms with E-state index in [4.69, 9.17) is 11.5 Å². The van der Waals surface area contributed by atoms with Crippen molar-refractivity contribution in [2.24, 2.45) is 11.5 Å². The van der Waals surface area contributed by atoms with Crippen LogP contribution in [-0.2, 0) is 0 Å². The summed E-state index contributed by atoms with van der Waals surface area (Å²) in [5, 5.41) is 1.11. The standard InChI is InChI=1S/C11H13N3/c12-7-10(13)8-3-4-11-9(6-8)2-1-5-14-11/h1-6,10H,7,12-13H2/t10-/m1/s1. The van der Waals surface area contributed by atoms with E-state index >= 15 is 0 Å². The fourth-order valence-corrected chi connectivity index (χ4v) is 1.46. The van der Waals surface area contributed by atoms with Gasteiger partial charge >= 0.3 is 0 Å². The molecule has 3 heteroatoms. The number of nitrogens with zero attached hydrogens (tertiary/aromatic N) is 1. The fraction of sp³-hybridized carbons (Fsp3) is 0.182. The Balaban J connectivity index is 2.51. The molecule has 1 atom stereocenters. The minimum atomic E-state index is -0.0837. The largest absolute Gasteiger partial charge is 0.329 e. The number of aromatic nitrogens is 1. The molecule has 4 N–H and O–H groups in total. The lowest BCUT2D eigenvalue weighted by atomic mass is 10.1. The molecule has 0 aliphatic heterocycles. The molecule has 3 nitrogen and oxygen atoms in total. The molecule has 0 fully saturated rings. The Morgan fingerprint density at radius 2 is 2.14 bits per heavy atom. The molecule has 0 spiro atoms. The van der Waals surface area contributed by atoms with Gasteiger partial charge in [-0.1, -0.05) is 12.1 Å². The first kappa shape index (κ1) is 9.12. The number of hydrogen-bond donors (Lipinski definition) is 2. The lowest BCUT2D eigenvalue weighted by molar-refractivity contribution is 0.738. The van der Waals surface area contributed by atoms with E-state index in [0.717, 1.165) is 16.5 Å². The van der Waals surface area contributed by atoms with Gasteiger partial charge in [0.05, 0.1) is 5.52 Å². The summed E-state index contributed by atoms with van der Waals surface area (Å²) in [5.74, 6) is 0. The molecule has 0 unspecified atom stereocenters. The Labute approximate surface area is 82.7 Å². The van der Waals surface area contributed by atoms with Crippen LogP contribution in [0.5, 0.6) is 0 Å². The molecule has 2 rings (SSSR count). The van der Waals surface area contributed by atoms with Crippen molar-refractivity contribution in [2.75, 3.05) is 6.54 Å². The Morgan fingerprint density at radius 3 is 2.93 bits per heavy atom. The Bertz CT molecular complexity index is 439. The van der Waals surface area contributed by atoms with Gasteiger partial charge in [-0.05, 0) is 23.8 Å². The van der Waals surface area contributed by atoms with E-state index in [1.807, 2.05) is 30.3 Å². The van der Waals surface area contributed by atoms with Crippen LogP contribution in [0.1, 0.15) is 11.6 Å². The average molecular weight is 187 g/mol. The van der Waals surface area contributed by atoms with Crippen molar-refractivity contribution in [1.29, 1.82) is 0 Å². The maximum atomic E-state index is 5.84. The van der Waals surface area contributed by atoms with Crippen molar-refractivity contribution in [3.05, 3.63) is 42.1 Å². The van der Waals surface area contributed by atoms with Gasteiger partial charge in [0.1, 0.15) is 0 Å². The molecule has 14 heavy (non-hydrogen) atoms. The van der Waals surface area contributed by atoms with Crippen LogP contribution >= 0.6 is 0 Å². The molecule has 0 aliphatic rings. The zero-order valence-corrected chi connectivity index (χ0v) is 7.85. The van der Waals surface area contributed by atoms with Crippen molar-refractivity contribution < 1.29 is 0 Å². The van der Waals surface area contributed by atoms with Crippen LogP contribution in [0.25, 0.3) is 10.9 Å². The number of pyridine rings is 1. The van der Waals surface area contributed by atoms with Crippen molar-refractivity contribution in [3.63, 3.8) is 0 Å². The molecule has 0 saturated heterocycles. The van der Waals surface area contributed by atoms with Crippen molar-refractivity contribution in [2.45, 2.75) is 6.04 Å². The third kappa shape index (κ3) is 1.60. The third-order valence-corrected chi connectivity index (χ3v) is 2.31. The third-order valence-electron chi connectivity index (χ3n) is 2.31. The Morgan fingerprint density at radius 1 is 1.29 bits per heavy atom. The highest BCUT2D eigenvalue weighted by Gasteiger charge is 2.03. The maximum Gasteiger partial charge on any atom is 0.0702 e. The molecule has 72 valence electrons. The second kappa shape index (κ2) is 3.74. The summed E-state index contributed by atoms with van der Waals surface area (Å²) in [7, 11) is 0. The number of nitrogens with two attached hydrogens (primary N) is 2. The van der Waals surface area contributed by atoms with Crippen LogP contribution in [0.4, 0.5) is 0 Å². The molecule has 1 aromatic carbocycles. The van der Waals surface area contributed by atoms with Gasteiger partial charge in [0.25, 0.3) is 0 Å². The first-order valence-corrected chi connectivity index (χ1v) is 4.61. The van der Waals surface area contributed by atoms with Gasteiger partial charge in [0, 0.05) is 24.2 Å². The summed E-state index contributed by atoms with van der Waals surface area (Å²) < 4.78 is 0. The lowest BCUT2D eigenvalue weighted by Crippen LogP contribution is -2.20.